The Morgan fingerprint density at radius 1 is 1.35 bits per heavy atom. The first-order valence-electron chi connectivity index (χ1n) is 7.95. The summed E-state index contributed by atoms with van der Waals surface area (Å²) in [7, 11) is 0. The van der Waals surface area contributed by atoms with Gasteiger partial charge in [0.25, 0.3) is 0 Å². The second-order valence-electron chi connectivity index (χ2n) is 6.14. The molecule has 20 heavy (non-hydrogen) atoms. The van der Waals surface area contributed by atoms with Gasteiger partial charge in [0.1, 0.15) is 0 Å². The van der Waals surface area contributed by atoms with Gasteiger partial charge in [0, 0.05) is 24.4 Å². The van der Waals surface area contributed by atoms with E-state index in [1.807, 2.05) is 11.8 Å². The molecule has 0 aromatic rings. The van der Waals surface area contributed by atoms with Crippen molar-refractivity contribution in [3.63, 3.8) is 0 Å². The number of carbonyl (C=O) groups is 1. The number of nitrogens with one attached hydrogen (secondary N) is 2. The molecule has 2 atom stereocenters. The molecule has 0 radical (unpaired) electrons. The first kappa shape index (κ1) is 16.0. The van der Waals surface area contributed by atoms with Gasteiger partial charge in [-0.05, 0) is 57.6 Å². The third-order valence-corrected chi connectivity index (χ3v) is 5.72. The van der Waals surface area contributed by atoms with E-state index in [1.165, 1.54) is 37.9 Å². The monoisotopic (exact) mass is 300 g/mol. The van der Waals surface area contributed by atoms with Gasteiger partial charge in [-0.15, -0.1) is 0 Å². The molecule has 2 aliphatic heterocycles. The molecule has 116 valence electrons. The Hall–Kier alpha value is -0.420. The topological polar surface area (TPSA) is 50.4 Å². The van der Waals surface area contributed by atoms with Crippen molar-refractivity contribution in [2.24, 2.45) is 0 Å². The zero-order chi connectivity index (χ0) is 14.3. The van der Waals surface area contributed by atoms with Gasteiger partial charge in [0.2, 0.25) is 0 Å². The van der Waals surface area contributed by atoms with Crippen LogP contribution in [-0.2, 0) is 4.74 Å². The normalized spacial score (nSPS) is 30.1. The molecule has 4 nitrogen and oxygen atoms in total. The lowest BCUT2D eigenvalue weighted by atomic mass is 10.0. The number of urea groups is 1. The number of hydrogen-bond acceptors (Lipinski definition) is 3. The molecule has 0 aromatic heterocycles. The van der Waals surface area contributed by atoms with Crippen molar-refractivity contribution in [1.29, 1.82) is 0 Å². The summed E-state index contributed by atoms with van der Waals surface area (Å²) >= 11 is 1.97. The molecule has 0 aromatic carbocycles. The van der Waals surface area contributed by atoms with E-state index in [4.69, 9.17) is 4.74 Å². The minimum Gasteiger partial charge on any atom is -0.378 e. The van der Waals surface area contributed by atoms with E-state index in [0.717, 1.165) is 32.5 Å². The lowest BCUT2D eigenvalue weighted by Crippen LogP contribution is -2.42. The Morgan fingerprint density at radius 2 is 2.25 bits per heavy atom. The van der Waals surface area contributed by atoms with Crippen LogP contribution in [0.2, 0.25) is 0 Å². The lowest BCUT2D eigenvalue weighted by molar-refractivity contribution is 0.0103. The number of amides is 2. The van der Waals surface area contributed by atoms with Crippen LogP contribution in [0, 0.1) is 0 Å². The number of ether oxygens (including phenoxy) is 1. The van der Waals surface area contributed by atoms with Gasteiger partial charge in [-0.25, -0.2) is 4.79 Å². The SMILES string of the molecule is C[C@]1(CNC(=O)NCCC[C@@H]2CCCCO2)CCCS1. The van der Waals surface area contributed by atoms with Crippen molar-refractivity contribution in [2.45, 2.75) is 62.7 Å². The zero-order valence-electron chi connectivity index (χ0n) is 12.6. The van der Waals surface area contributed by atoms with E-state index < -0.39 is 0 Å². The number of rotatable bonds is 6. The summed E-state index contributed by atoms with van der Waals surface area (Å²) in [5.74, 6) is 1.22. The van der Waals surface area contributed by atoms with E-state index in [-0.39, 0.29) is 10.8 Å². The maximum Gasteiger partial charge on any atom is 0.314 e. The van der Waals surface area contributed by atoms with Gasteiger partial charge < -0.3 is 15.4 Å². The molecule has 0 bridgehead atoms. The number of thioether (sulfide) groups is 1. The molecule has 2 rings (SSSR count). The van der Waals surface area contributed by atoms with Gasteiger partial charge >= 0.3 is 6.03 Å². The summed E-state index contributed by atoms with van der Waals surface area (Å²) in [6.45, 7) is 4.67. The fourth-order valence-electron chi connectivity index (χ4n) is 2.87. The second kappa shape index (κ2) is 8.13. The maximum atomic E-state index is 11.7. The second-order valence-corrected chi connectivity index (χ2v) is 7.82. The lowest BCUT2D eigenvalue weighted by Gasteiger charge is -2.23. The first-order chi connectivity index (χ1) is 9.68. The Kier molecular flexibility index (Phi) is 6.49. The summed E-state index contributed by atoms with van der Waals surface area (Å²) in [6.07, 6.45) is 8.63. The van der Waals surface area contributed by atoms with E-state index in [9.17, 15) is 4.79 Å². The van der Waals surface area contributed by atoms with Crippen molar-refractivity contribution < 1.29 is 9.53 Å². The third kappa shape index (κ3) is 5.52. The van der Waals surface area contributed by atoms with Crippen LogP contribution in [0.25, 0.3) is 0 Å². The molecule has 2 amide bonds. The molecule has 0 saturated carbocycles. The molecule has 5 heteroatoms. The van der Waals surface area contributed by atoms with Crippen molar-refractivity contribution in [3.05, 3.63) is 0 Å². The van der Waals surface area contributed by atoms with Crippen LogP contribution in [0.4, 0.5) is 4.79 Å². The summed E-state index contributed by atoms with van der Waals surface area (Å²) in [5, 5.41) is 5.95. The number of hydrogen-bond donors (Lipinski definition) is 2. The summed E-state index contributed by atoms with van der Waals surface area (Å²) < 4.78 is 5.93. The minimum atomic E-state index is -0.0247. The van der Waals surface area contributed by atoms with Crippen LogP contribution in [0.3, 0.4) is 0 Å². The van der Waals surface area contributed by atoms with Crippen molar-refractivity contribution in [3.8, 4) is 0 Å². The molecule has 2 fully saturated rings. The van der Waals surface area contributed by atoms with E-state index >= 15 is 0 Å². The molecule has 2 saturated heterocycles. The summed E-state index contributed by atoms with van der Waals surface area (Å²) in [5.41, 5.74) is 0. The highest BCUT2D eigenvalue weighted by Gasteiger charge is 2.29. The molecule has 2 aliphatic rings. The highest BCUT2D eigenvalue weighted by Crippen LogP contribution is 2.36. The highest BCUT2D eigenvalue weighted by atomic mass is 32.2. The Morgan fingerprint density at radius 3 is 2.95 bits per heavy atom. The predicted octanol–water partition coefficient (Wildman–Crippen LogP) is 2.92. The van der Waals surface area contributed by atoms with Crippen molar-refractivity contribution >= 4 is 17.8 Å². The smallest absolute Gasteiger partial charge is 0.314 e. The zero-order valence-corrected chi connectivity index (χ0v) is 13.4. The quantitative estimate of drug-likeness (QED) is 0.742. The van der Waals surface area contributed by atoms with Gasteiger partial charge in [0.15, 0.2) is 0 Å². The Labute approximate surface area is 126 Å². The van der Waals surface area contributed by atoms with Crippen molar-refractivity contribution in [2.75, 3.05) is 25.4 Å². The molecule has 0 spiro atoms. The fraction of sp³-hybridized carbons (Fsp3) is 0.933. The molecular formula is C15H28N2O2S. The van der Waals surface area contributed by atoms with Gasteiger partial charge in [0.05, 0.1) is 6.10 Å². The van der Waals surface area contributed by atoms with Crippen LogP contribution in [0.1, 0.15) is 51.9 Å². The predicted molar refractivity (Wildman–Crippen MR) is 84.3 cm³/mol. The summed E-state index contributed by atoms with van der Waals surface area (Å²) in [6, 6.07) is -0.0247. The van der Waals surface area contributed by atoms with Crippen LogP contribution < -0.4 is 10.6 Å². The third-order valence-electron chi connectivity index (χ3n) is 4.19. The molecule has 2 N–H and O–H groups in total. The largest absolute Gasteiger partial charge is 0.378 e. The first-order valence-corrected chi connectivity index (χ1v) is 8.94. The standard InChI is InChI=1S/C15H28N2O2S/c1-15(8-5-11-20-15)12-17-14(18)16-9-4-7-13-6-2-3-10-19-13/h13H,2-12H2,1H3,(H2,16,17,18)/t13-,15+/m0/s1. The minimum absolute atomic E-state index is 0.0247. The van der Waals surface area contributed by atoms with Gasteiger partial charge in [-0.2, -0.15) is 11.8 Å². The highest BCUT2D eigenvalue weighted by molar-refractivity contribution is 8.00. The summed E-state index contributed by atoms with van der Waals surface area (Å²) in [4.78, 5) is 11.7. The maximum absolute atomic E-state index is 11.7. The van der Waals surface area contributed by atoms with Gasteiger partial charge in [-0.1, -0.05) is 0 Å². The Bertz CT molecular complexity index is 300. The molecule has 2 heterocycles. The van der Waals surface area contributed by atoms with Crippen molar-refractivity contribution in [1.82, 2.24) is 10.6 Å². The number of carbonyl (C=O) groups excluding carboxylic acids is 1. The molecular weight excluding hydrogens is 272 g/mol. The van der Waals surface area contributed by atoms with E-state index in [1.54, 1.807) is 0 Å². The van der Waals surface area contributed by atoms with Gasteiger partial charge in [-0.3, -0.25) is 0 Å². The Balaban J connectivity index is 1.49. The molecule has 0 unspecified atom stereocenters. The average Bonchev–Trinajstić information content (AvgIpc) is 2.90. The van der Waals surface area contributed by atoms with Crippen LogP contribution in [0.5, 0.6) is 0 Å². The average molecular weight is 300 g/mol. The van der Waals surface area contributed by atoms with Crippen LogP contribution in [0.15, 0.2) is 0 Å². The molecule has 0 aliphatic carbocycles. The van der Waals surface area contributed by atoms with Crippen LogP contribution in [-0.4, -0.2) is 42.3 Å². The fourth-order valence-corrected chi connectivity index (χ4v) is 4.12. The van der Waals surface area contributed by atoms with E-state index in [2.05, 4.69) is 17.6 Å². The van der Waals surface area contributed by atoms with E-state index in [0.29, 0.717) is 6.10 Å². The van der Waals surface area contributed by atoms with Crippen LogP contribution >= 0.6 is 11.8 Å².